The van der Waals surface area contributed by atoms with Gasteiger partial charge in [0.1, 0.15) is 5.75 Å². The van der Waals surface area contributed by atoms with Crippen molar-refractivity contribution >= 4 is 19.7 Å². The maximum absolute atomic E-state index is 11.4. The Kier molecular flexibility index (Phi) is 3.96. The van der Waals surface area contributed by atoms with Crippen molar-refractivity contribution in [2.24, 2.45) is 7.05 Å². The number of halogens is 1. The first kappa shape index (κ1) is 14.7. The second-order valence-corrected chi connectivity index (χ2v) is 6.77. The minimum atomic E-state index is -3.76. The molecule has 1 aromatic heterocycles. The minimum absolute atomic E-state index is 0.0849. The van der Waals surface area contributed by atoms with Gasteiger partial charge in [-0.25, -0.2) is 8.42 Å². The average molecular weight is 317 g/mol. The Morgan fingerprint density at radius 2 is 2.00 bits per heavy atom. The molecule has 0 saturated carbocycles. The maximum atomic E-state index is 11.4. The van der Waals surface area contributed by atoms with Crippen LogP contribution in [0.15, 0.2) is 17.0 Å². The highest BCUT2D eigenvalue weighted by molar-refractivity contribution is 8.13. The summed E-state index contributed by atoms with van der Waals surface area (Å²) in [6.45, 7) is 3.60. The molecule has 0 saturated heterocycles. The van der Waals surface area contributed by atoms with Crippen molar-refractivity contribution in [2.45, 2.75) is 25.3 Å². The molecule has 0 N–H and O–H groups in total. The molecule has 0 aliphatic heterocycles. The van der Waals surface area contributed by atoms with E-state index in [2.05, 4.69) is 15.4 Å². The Bertz CT molecular complexity index is 742. The molecule has 0 atom stereocenters. The minimum Gasteiger partial charge on any atom is -0.485 e. The fourth-order valence-corrected chi connectivity index (χ4v) is 2.97. The molecule has 0 radical (unpaired) electrons. The zero-order valence-electron chi connectivity index (χ0n) is 11.2. The fraction of sp³-hybridized carbons (Fsp3) is 0.364. The number of hydrogen-bond donors (Lipinski definition) is 0. The van der Waals surface area contributed by atoms with Gasteiger partial charge in [-0.3, -0.25) is 0 Å². The second-order valence-electron chi connectivity index (χ2n) is 4.23. The van der Waals surface area contributed by atoms with Crippen LogP contribution in [0.4, 0.5) is 0 Å². The van der Waals surface area contributed by atoms with Gasteiger partial charge in [0.2, 0.25) is 5.82 Å². The Balaban J connectivity index is 2.24. The first-order valence-corrected chi connectivity index (χ1v) is 8.00. The van der Waals surface area contributed by atoms with Gasteiger partial charge in [-0.1, -0.05) is 0 Å². The third kappa shape index (κ3) is 3.07. The molecule has 20 heavy (non-hydrogen) atoms. The number of aryl methyl sites for hydroxylation is 1. The van der Waals surface area contributed by atoms with Crippen LogP contribution in [0.1, 0.15) is 17.0 Å². The summed E-state index contributed by atoms with van der Waals surface area (Å²) in [5.74, 6) is 0.998. The molecular formula is C11H13ClN4O3S. The summed E-state index contributed by atoms with van der Waals surface area (Å²) in [5.41, 5.74) is 1.26. The number of benzene rings is 1. The van der Waals surface area contributed by atoms with E-state index in [-0.39, 0.29) is 11.5 Å². The van der Waals surface area contributed by atoms with Crippen LogP contribution in [0, 0.1) is 13.8 Å². The zero-order valence-corrected chi connectivity index (χ0v) is 12.7. The van der Waals surface area contributed by atoms with Crippen molar-refractivity contribution in [1.82, 2.24) is 20.2 Å². The summed E-state index contributed by atoms with van der Waals surface area (Å²) in [5, 5.41) is 11.5. The molecule has 0 fully saturated rings. The average Bonchev–Trinajstić information content (AvgIpc) is 2.75. The van der Waals surface area contributed by atoms with E-state index in [0.29, 0.717) is 22.7 Å². The normalized spacial score (nSPS) is 11.6. The molecule has 7 nitrogen and oxygen atoms in total. The predicted molar refractivity (Wildman–Crippen MR) is 72.1 cm³/mol. The van der Waals surface area contributed by atoms with E-state index in [1.165, 1.54) is 10.9 Å². The Morgan fingerprint density at radius 3 is 2.55 bits per heavy atom. The summed E-state index contributed by atoms with van der Waals surface area (Å²) in [6.07, 6.45) is 0. The topological polar surface area (TPSA) is 87.0 Å². The predicted octanol–water partition coefficient (Wildman–Crippen LogP) is 1.33. The standard InChI is InChI=1S/C11H13ClN4O3S/c1-7-8(2)10(20(12,17)18)5-4-9(7)19-6-11-13-15-16(3)14-11/h4-5H,6H2,1-3H3. The largest absolute Gasteiger partial charge is 0.485 e. The number of tetrazole rings is 1. The molecule has 0 aliphatic carbocycles. The second kappa shape index (κ2) is 5.37. The lowest BCUT2D eigenvalue weighted by atomic mass is 10.1. The summed E-state index contributed by atoms with van der Waals surface area (Å²) in [6, 6.07) is 2.98. The zero-order chi connectivity index (χ0) is 14.9. The van der Waals surface area contributed by atoms with E-state index in [0.717, 1.165) is 0 Å². The van der Waals surface area contributed by atoms with Crippen LogP contribution in [0.5, 0.6) is 5.75 Å². The van der Waals surface area contributed by atoms with E-state index in [1.807, 2.05) is 0 Å². The quantitative estimate of drug-likeness (QED) is 0.791. The first-order chi connectivity index (χ1) is 9.29. The molecule has 0 spiro atoms. The molecular weight excluding hydrogens is 304 g/mol. The molecule has 0 bridgehead atoms. The molecule has 2 aromatic rings. The van der Waals surface area contributed by atoms with Gasteiger partial charge in [0.25, 0.3) is 9.05 Å². The summed E-state index contributed by atoms with van der Waals surface area (Å²) in [4.78, 5) is 1.42. The summed E-state index contributed by atoms with van der Waals surface area (Å²) >= 11 is 0. The van der Waals surface area contributed by atoms with E-state index >= 15 is 0 Å². The van der Waals surface area contributed by atoms with Gasteiger partial charge < -0.3 is 4.74 Å². The van der Waals surface area contributed by atoms with Gasteiger partial charge in [-0.15, -0.1) is 10.2 Å². The highest BCUT2D eigenvalue weighted by Crippen LogP contribution is 2.29. The van der Waals surface area contributed by atoms with Crippen molar-refractivity contribution in [2.75, 3.05) is 0 Å². The van der Waals surface area contributed by atoms with E-state index < -0.39 is 9.05 Å². The van der Waals surface area contributed by atoms with Crippen LogP contribution < -0.4 is 4.74 Å². The smallest absolute Gasteiger partial charge is 0.261 e. The Morgan fingerprint density at radius 1 is 1.30 bits per heavy atom. The number of hydrogen-bond acceptors (Lipinski definition) is 6. The SMILES string of the molecule is Cc1c(OCc2nnn(C)n2)ccc(S(=O)(=O)Cl)c1C. The molecule has 1 heterocycles. The highest BCUT2D eigenvalue weighted by atomic mass is 35.7. The van der Waals surface area contributed by atoms with Crippen molar-refractivity contribution in [1.29, 1.82) is 0 Å². The third-order valence-electron chi connectivity index (χ3n) is 2.86. The lowest BCUT2D eigenvalue weighted by Crippen LogP contribution is -2.03. The van der Waals surface area contributed by atoms with Crippen molar-refractivity contribution in [3.63, 3.8) is 0 Å². The molecule has 9 heteroatoms. The van der Waals surface area contributed by atoms with E-state index in [9.17, 15) is 8.42 Å². The van der Waals surface area contributed by atoms with Crippen molar-refractivity contribution < 1.29 is 13.2 Å². The molecule has 0 aliphatic rings. The van der Waals surface area contributed by atoms with Crippen molar-refractivity contribution in [3.05, 3.63) is 29.1 Å². The Hall–Kier alpha value is -1.67. The van der Waals surface area contributed by atoms with Crippen LogP contribution in [0.3, 0.4) is 0 Å². The van der Waals surface area contributed by atoms with Gasteiger partial charge in [0.15, 0.2) is 6.61 Å². The van der Waals surface area contributed by atoms with Gasteiger partial charge in [0.05, 0.1) is 11.9 Å². The van der Waals surface area contributed by atoms with E-state index in [4.69, 9.17) is 15.4 Å². The van der Waals surface area contributed by atoms with Crippen LogP contribution in [-0.4, -0.2) is 28.6 Å². The number of ether oxygens (including phenoxy) is 1. The Labute approximate surface area is 120 Å². The van der Waals surface area contributed by atoms with E-state index in [1.54, 1.807) is 27.0 Å². The van der Waals surface area contributed by atoms with Gasteiger partial charge in [-0.2, -0.15) is 4.80 Å². The van der Waals surface area contributed by atoms with Crippen LogP contribution in [-0.2, 0) is 22.7 Å². The van der Waals surface area contributed by atoms with Gasteiger partial charge in [0, 0.05) is 10.7 Å². The highest BCUT2D eigenvalue weighted by Gasteiger charge is 2.17. The van der Waals surface area contributed by atoms with Gasteiger partial charge >= 0.3 is 0 Å². The fourth-order valence-electron chi connectivity index (χ4n) is 1.71. The molecule has 0 unspecified atom stereocenters. The monoisotopic (exact) mass is 316 g/mol. The first-order valence-electron chi connectivity index (χ1n) is 5.69. The number of rotatable bonds is 4. The number of aromatic nitrogens is 4. The summed E-state index contributed by atoms with van der Waals surface area (Å²) < 4.78 is 28.4. The van der Waals surface area contributed by atoms with Crippen LogP contribution >= 0.6 is 10.7 Å². The molecule has 2 rings (SSSR count). The lowest BCUT2D eigenvalue weighted by molar-refractivity contribution is 0.293. The summed E-state index contributed by atoms with van der Waals surface area (Å²) in [7, 11) is 3.27. The van der Waals surface area contributed by atoms with Crippen LogP contribution in [0.2, 0.25) is 0 Å². The van der Waals surface area contributed by atoms with Crippen LogP contribution in [0.25, 0.3) is 0 Å². The molecule has 0 amide bonds. The lowest BCUT2D eigenvalue weighted by Gasteiger charge is -2.11. The van der Waals surface area contributed by atoms with Crippen molar-refractivity contribution in [3.8, 4) is 5.75 Å². The third-order valence-corrected chi connectivity index (χ3v) is 4.32. The molecule has 1 aromatic carbocycles. The molecule has 108 valence electrons. The maximum Gasteiger partial charge on any atom is 0.261 e. The van der Waals surface area contributed by atoms with Gasteiger partial charge in [-0.05, 0) is 42.3 Å². The number of nitrogens with zero attached hydrogens (tertiary/aromatic N) is 4.